The van der Waals surface area contributed by atoms with Crippen molar-refractivity contribution in [1.82, 2.24) is 5.32 Å². The molecular weight excluding hydrogens is 851 g/mol. The molecular formula is C63H123NO5. The molecule has 0 bridgehead atoms. The van der Waals surface area contributed by atoms with Crippen molar-refractivity contribution in [3.8, 4) is 0 Å². The van der Waals surface area contributed by atoms with Crippen LogP contribution in [0.3, 0.4) is 0 Å². The fourth-order valence-electron chi connectivity index (χ4n) is 9.99. The van der Waals surface area contributed by atoms with Gasteiger partial charge in [-0.15, -0.1) is 0 Å². The summed E-state index contributed by atoms with van der Waals surface area (Å²) in [5.74, 6) is -0.0281. The third-order valence-corrected chi connectivity index (χ3v) is 14.8. The first kappa shape index (κ1) is 67.6. The maximum atomic E-state index is 12.5. The Labute approximate surface area is 431 Å². The minimum absolute atomic E-state index is 0.00543. The van der Waals surface area contributed by atoms with E-state index in [1.165, 1.54) is 276 Å². The number of aliphatic hydroxyl groups excluding tert-OH is 2. The van der Waals surface area contributed by atoms with Gasteiger partial charge in [0.1, 0.15) is 0 Å². The van der Waals surface area contributed by atoms with Crippen molar-refractivity contribution in [3.63, 3.8) is 0 Å². The van der Waals surface area contributed by atoms with Crippen LogP contribution >= 0.6 is 0 Å². The van der Waals surface area contributed by atoms with E-state index >= 15 is 0 Å². The van der Waals surface area contributed by atoms with Crippen LogP contribution in [0.5, 0.6) is 0 Å². The van der Waals surface area contributed by atoms with E-state index in [9.17, 15) is 19.8 Å². The number of amides is 1. The minimum Gasteiger partial charge on any atom is -0.466 e. The van der Waals surface area contributed by atoms with Gasteiger partial charge >= 0.3 is 5.97 Å². The van der Waals surface area contributed by atoms with Crippen LogP contribution in [0.2, 0.25) is 0 Å². The van der Waals surface area contributed by atoms with Gasteiger partial charge in [0.05, 0.1) is 25.4 Å². The van der Waals surface area contributed by atoms with E-state index in [0.29, 0.717) is 25.9 Å². The van der Waals surface area contributed by atoms with Gasteiger partial charge in [0, 0.05) is 12.8 Å². The van der Waals surface area contributed by atoms with Crippen LogP contribution in [0.1, 0.15) is 354 Å². The summed E-state index contributed by atoms with van der Waals surface area (Å²) in [6.07, 6.45) is 70.8. The molecule has 6 nitrogen and oxygen atoms in total. The van der Waals surface area contributed by atoms with Crippen molar-refractivity contribution < 1.29 is 24.5 Å². The summed E-state index contributed by atoms with van der Waals surface area (Å²) in [6, 6.07) is -0.541. The van der Waals surface area contributed by atoms with Crippen molar-refractivity contribution in [2.45, 2.75) is 366 Å². The lowest BCUT2D eigenvalue weighted by molar-refractivity contribution is -0.143. The molecule has 0 aliphatic carbocycles. The molecule has 0 fully saturated rings. The minimum atomic E-state index is -0.664. The van der Waals surface area contributed by atoms with Gasteiger partial charge in [0.25, 0.3) is 0 Å². The second-order valence-corrected chi connectivity index (χ2v) is 21.7. The molecule has 2 unspecified atom stereocenters. The average Bonchev–Trinajstić information content (AvgIpc) is 3.35. The van der Waals surface area contributed by atoms with Crippen molar-refractivity contribution in [3.05, 3.63) is 12.2 Å². The van der Waals surface area contributed by atoms with Crippen LogP contribution in [-0.2, 0) is 14.3 Å². The zero-order valence-corrected chi connectivity index (χ0v) is 46.8. The molecule has 0 saturated carbocycles. The number of nitrogens with one attached hydrogen (secondary N) is 1. The number of unbranched alkanes of at least 4 members (excludes halogenated alkanes) is 46. The molecule has 0 aromatic carbocycles. The molecule has 6 heteroatoms. The van der Waals surface area contributed by atoms with Gasteiger partial charge in [0.2, 0.25) is 5.91 Å². The molecule has 0 rings (SSSR count). The fourth-order valence-corrected chi connectivity index (χ4v) is 9.99. The maximum Gasteiger partial charge on any atom is 0.305 e. The lowest BCUT2D eigenvalue weighted by atomic mass is 10.0. The van der Waals surface area contributed by atoms with Crippen LogP contribution in [0.15, 0.2) is 12.2 Å². The van der Waals surface area contributed by atoms with Crippen molar-refractivity contribution >= 4 is 11.9 Å². The molecule has 0 heterocycles. The first-order valence-corrected chi connectivity index (χ1v) is 31.4. The molecule has 69 heavy (non-hydrogen) atoms. The number of carbonyl (C=O) groups is 2. The Kier molecular flexibility index (Phi) is 58.0. The van der Waals surface area contributed by atoms with E-state index in [0.717, 1.165) is 44.9 Å². The molecule has 0 saturated heterocycles. The molecule has 0 radical (unpaired) electrons. The third kappa shape index (κ3) is 55.8. The average molecular weight is 975 g/mol. The first-order chi connectivity index (χ1) is 34.0. The molecule has 0 aromatic rings. The zero-order chi connectivity index (χ0) is 50.0. The van der Waals surface area contributed by atoms with E-state index in [2.05, 4.69) is 31.3 Å². The molecule has 0 aliphatic rings. The van der Waals surface area contributed by atoms with Crippen LogP contribution in [0.4, 0.5) is 0 Å². The Balaban J connectivity index is 3.37. The van der Waals surface area contributed by atoms with E-state index in [4.69, 9.17) is 4.74 Å². The van der Waals surface area contributed by atoms with Gasteiger partial charge in [-0.05, 0) is 51.4 Å². The normalized spacial score (nSPS) is 12.6. The van der Waals surface area contributed by atoms with Crippen molar-refractivity contribution in [2.24, 2.45) is 0 Å². The highest BCUT2D eigenvalue weighted by Crippen LogP contribution is 2.18. The molecule has 0 spiro atoms. The summed E-state index contributed by atoms with van der Waals surface area (Å²) in [6.45, 7) is 4.97. The van der Waals surface area contributed by atoms with Gasteiger partial charge in [-0.2, -0.15) is 0 Å². The van der Waals surface area contributed by atoms with Crippen LogP contribution in [0.25, 0.3) is 0 Å². The Bertz CT molecular complexity index is 1030. The van der Waals surface area contributed by atoms with Crippen molar-refractivity contribution in [1.29, 1.82) is 0 Å². The second-order valence-electron chi connectivity index (χ2n) is 21.7. The predicted molar refractivity (Wildman–Crippen MR) is 301 cm³/mol. The second kappa shape index (κ2) is 59.2. The van der Waals surface area contributed by atoms with Gasteiger partial charge in [-0.1, -0.05) is 302 Å². The summed E-state index contributed by atoms with van der Waals surface area (Å²) in [5.41, 5.74) is 0. The van der Waals surface area contributed by atoms with Crippen LogP contribution < -0.4 is 5.32 Å². The lowest BCUT2D eigenvalue weighted by Gasteiger charge is -2.22. The first-order valence-electron chi connectivity index (χ1n) is 31.4. The Morgan fingerprint density at radius 1 is 0.391 bits per heavy atom. The predicted octanol–water partition coefficient (Wildman–Crippen LogP) is 19.6. The molecule has 410 valence electrons. The van der Waals surface area contributed by atoms with E-state index < -0.39 is 12.1 Å². The van der Waals surface area contributed by atoms with E-state index in [1.807, 2.05) is 0 Å². The molecule has 1 amide bonds. The third-order valence-electron chi connectivity index (χ3n) is 14.8. The summed E-state index contributed by atoms with van der Waals surface area (Å²) >= 11 is 0. The van der Waals surface area contributed by atoms with Crippen molar-refractivity contribution in [2.75, 3.05) is 13.2 Å². The summed E-state index contributed by atoms with van der Waals surface area (Å²) in [7, 11) is 0. The Morgan fingerprint density at radius 3 is 1.03 bits per heavy atom. The zero-order valence-electron chi connectivity index (χ0n) is 46.8. The fraction of sp³-hybridized carbons (Fsp3) is 0.937. The van der Waals surface area contributed by atoms with Gasteiger partial charge in [-0.3, -0.25) is 9.59 Å². The van der Waals surface area contributed by atoms with Crippen LogP contribution in [-0.4, -0.2) is 47.4 Å². The summed E-state index contributed by atoms with van der Waals surface area (Å²) < 4.78 is 5.49. The number of ether oxygens (including phenoxy) is 1. The molecule has 0 aromatic heterocycles. The largest absolute Gasteiger partial charge is 0.466 e. The highest BCUT2D eigenvalue weighted by Gasteiger charge is 2.20. The number of esters is 1. The number of allylic oxidation sites excluding steroid dienone is 2. The highest BCUT2D eigenvalue weighted by molar-refractivity contribution is 5.76. The Hall–Kier alpha value is -1.40. The summed E-state index contributed by atoms with van der Waals surface area (Å²) in [5, 5.41) is 23.3. The smallest absolute Gasteiger partial charge is 0.305 e. The SMILES string of the molecule is CCCCCCCCC/C=C\CCCCCCCC(=O)OCCCCCCCCCCCCCCCCCCCCCCCC(=O)NC(CO)C(O)CCCCCCCCCCCCCCCCC. The monoisotopic (exact) mass is 974 g/mol. The molecule has 0 aliphatic heterocycles. The number of aliphatic hydroxyl groups is 2. The van der Waals surface area contributed by atoms with Crippen LogP contribution in [0, 0.1) is 0 Å². The quantitative estimate of drug-likeness (QED) is 0.0321. The van der Waals surface area contributed by atoms with Gasteiger partial charge in [-0.25, -0.2) is 0 Å². The maximum absolute atomic E-state index is 12.5. The number of rotatable bonds is 59. The lowest BCUT2D eigenvalue weighted by Crippen LogP contribution is -2.45. The van der Waals surface area contributed by atoms with E-state index in [1.54, 1.807) is 0 Å². The topological polar surface area (TPSA) is 95.9 Å². The standard InChI is InChI=1S/C63H123NO5/c1-3-5-7-9-11-13-15-17-19-29-33-37-41-45-49-53-57-63(68)69-58-54-50-46-42-38-34-30-26-24-22-20-21-23-25-28-32-36-40-44-48-52-56-62(67)64-60(59-65)61(66)55-51-47-43-39-35-31-27-18-16-14-12-10-8-6-4-2/h19,29,60-61,65-66H,3-18,20-28,30-59H2,1-2H3,(H,64,67)/b29-19-. The Morgan fingerprint density at radius 2 is 0.681 bits per heavy atom. The molecule has 2 atom stereocenters. The highest BCUT2D eigenvalue weighted by atomic mass is 16.5. The number of hydrogen-bond donors (Lipinski definition) is 3. The summed E-state index contributed by atoms with van der Waals surface area (Å²) in [4.78, 5) is 24.6. The van der Waals surface area contributed by atoms with Gasteiger partial charge < -0.3 is 20.3 Å². The van der Waals surface area contributed by atoms with E-state index in [-0.39, 0.29) is 18.5 Å². The number of hydrogen-bond acceptors (Lipinski definition) is 5. The molecule has 3 N–H and O–H groups in total. The van der Waals surface area contributed by atoms with Gasteiger partial charge in [0.15, 0.2) is 0 Å². The number of carbonyl (C=O) groups excluding carboxylic acids is 2.